The maximum atomic E-state index is 12.6. The molecule has 1 amide bonds. The van der Waals surface area contributed by atoms with E-state index in [0.29, 0.717) is 27.4 Å². The van der Waals surface area contributed by atoms with Gasteiger partial charge in [-0.05, 0) is 56.0 Å². The molecule has 2 aromatic rings. The van der Waals surface area contributed by atoms with Gasteiger partial charge in [-0.2, -0.15) is 0 Å². The number of hydrogen-bond acceptors (Lipinski definition) is 3. The molecule has 0 aliphatic rings. The molecule has 114 valence electrons. The van der Waals surface area contributed by atoms with Gasteiger partial charge >= 0.3 is 5.91 Å². The minimum absolute atomic E-state index is 0.293. The fraction of sp³-hybridized carbons (Fsp3) is 0.235. The molecule has 2 aromatic carbocycles. The van der Waals surface area contributed by atoms with Crippen LogP contribution in [-0.4, -0.2) is 10.9 Å². The van der Waals surface area contributed by atoms with Crippen molar-refractivity contribution in [3.8, 4) is 0 Å². The molecule has 0 spiro atoms. The molecule has 0 aromatic heterocycles. The maximum Gasteiger partial charge on any atom is 0.319 e. The Morgan fingerprint density at radius 1 is 0.955 bits per heavy atom. The summed E-state index contributed by atoms with van der Waals surface area (Å²) in [4.78, 5) is 24.1. The summed E-state index contributed by atoms with van der Waals surface area (Å²) in [6.45, 7) is 7.36. The summed E-state index contributed by atoms with van der Waals surface area (Å²) < 4.78 is 0. The number of hydrazine groups is 1. The summed E-state index contributed by atoms with van der Waals surface area (Å²) in [6, 6.07) is 10.4. The zero-order valence-corrected chi connectivity index (χ0v) is 13.1. The van der Waals surface area contributed by atoms with Gasteiger partial charge in [0.1, 0.15) is 5.69 Å². The number of nitro groups is 1. The first-order valence-electron chi connectivity index (χ1n) is 6.94. The van der Waals surface area contributed by atoms with Crippen molar-refractivity contribution in [1.82, 2.24) is 0 Å². The van der Waals surface area contributed by atoms with E-state index >= 15 is 0 Å². The molecule has 0 radical (unpaired) electrons. The fourth-order valence-electron chi connectivity index (χ4n) is 2.58. The molecule has 5 heteroatoms. The number of nitrogens with zero attached hydrogens (tertiary/aromatic N) is 2. The molecular weight excluding hydrogens is 280 g/mol. The first-order valence-corrected chi connectivity index (χ1v) is 6.94. The van der Waals surface area contributed by atoms with Crippen LogP contribution in [0, 0.1) is 37.8 Å². The highest BCUT2D eigenvalue weighted by Crippen LogP contribution is 2.27. The number of carbonyl (C=O) groups is 1. The van der Waals surface area contributed by atoms with Crippen molar-refractivity contribution in [2.24, 2.45) is 0 Å². The van der Waals surface area contributed by atoms with Crippen LogP contribution in [-0.2, 0) is 0 Å². The van der Waals surface area contributed by atoms with Crippen LogP contribution in [0.5, 0.6) is 0 Å². The third-order valence-electron chi connectivity index (χ3n) is 3.50. The van der Waals surface area contributed by atoms with E-state index in [-0.39, 0.29) is 0 Å². The van der Waals surface area contributed by atoms with E-state index in [2.05, 4.69) is 0 Å². The summed E-state index contributed by atoms with van der Waals surface area (Å²) in [5.74, 6) is -0.639. The molecular formula is C17H18N2O3. The van der Waals surface area contributed by atoms with Gasteiger partial charge in [-0.3, -0.25) is 4.79 Å². The molecule has 22 heavy (non-hydrogen) atoms. The van der Waals surface area contributed by atoms with Crippen molar-refractivity contribution in [3.05, 3.63) is 74.3 Å². The Kier molecular flexibility index (Phi) is 4.26. The first-order chi connectivity index (χ1) is 10.3. The molecule has 0 unspecified atom stereocenters. The van der Waals surface area contributed by atoms with E-state index in [9.17, 15) is 14.9 Å². The second kappa shape index (κ2) is 5.97. The van der Waals surface area contributed by atoms with Gasteiger partial charge in [-0.1, -0.05) is 35.4 Å². The standard InChI is InChI=1S/C17H18N2O3/c1-11-5-7-15(8-6-11)17(20)18(19(21)22)16-13(3)9-12(2)10-14(16)4/h5-10H,1-4H3. The molecule has 0 saturated heterocycles. The van der Waals surface area contributed by atoms with Crippen LogP contribution in [0.25, 0.3) is 0 Å². The van der Waals surface area contributed by atoms with E-state index in [1.807, 2.05) is 26.0 Å². The molecule has 0 saturated carbocycles. The van der Waals surface area contributed by atoms with Crippen LogP contribution >= 0.6 is 0 Å². The van der Waals surface area contributed by atoms with Crippen LogP contribution < -0.4 is 5.01 Å². The van der Waals surface area contributed by atoms with Crippen LogP contribution in [0.2, 0.25) is 0 Å². The van der Waals surface area contributed by atoms with Crippen molar-refractivity contribution >= 4 is 11.6 Å². The molecule has 0 aliphatic heterocycles. The molecule has 0 bridgehead atoms. The van der Waals surface area contributed by atoms with E-state index in [4.69, 9.17) is 0 Å². The van der Waals surface area contributed by atoms with Crippen LogP contribution in [0.4, 0.5) is 5.69 Å². The Morgan fingerprint density at radius 2 is 1.45 bits per heavy atom. The number of benzene rings is 2. The Morgan fingerprint density at radius 3 is 1.91 bits per heavy atom. The van der Waals surface area contributed by atoms with E-state index in [1.54, 1.807) is 38.1 Å². The highest BCUT2D eigenvalue weighted by atomic mass is 16.7. The van der Waals surface area contributed by atoms with Crippen molar-refractivity contribution < 1.29 is 9.83 Å². The van der Waals surface area contributed by atoms with Crippen molar-refractivity contribution in [3.63, 3.8) is 0 Å². The molecule has 0 atom stereocenters. The average Bonchev–Trinajstić information content (AvgIpc) is 2.42. The summed E-state index contributed by atoms with van der Waals surface area (Å²) in [7, 11) is 0. The fourth-order valence-corrected chi connectivity index (χ4v) is 2.58. The van der Waals surface area contributed by atoms with Crippen LogP contribution in [0.3, 0.4) is 0 Å². The molecule has 5 nitrogen and oxygen atoms in total. The Balaban J connectivity index is 2.54. The number of carbonyl (C=O) groups excluding carboxylic acids is 1. The normalized spacial score (nSPS) is 10.4. The number of hydrogen-bond donors (Lipinski definition) is 0. The zero-order chi connectivity index (χ0) is 16.4. The van der Waals surface area contributed by atoms with Crippen LogP contribution in [0.15, 0.2) is 36.4 Å². The SMILES string of the molecule is Cc1ccc(C(=O)N(c2c(C)cc(C)cc2C)[N+](=O)[O-])cc1. The lowest BCUT2D eigenvalue weighted by Gasteiger charge is -2.17. The number of aryl methyl sites for hydroxylation is 4. The summed E-state index contributed by atoms with van der Waals surface area (Å²) in [6.07, 6.45) is 0. The summed E-state index contributed by atoms with van der Waals surface area (Å²) >= 11 is 0. The monoisotopic (exact) mass is 298 g/mol. The van der Waals surface area contributed by atoms with Gasteiger partial charge < -0.3 is 0 Å². The number of amides is 1. The van der Waals surface area contributed by atoms with Gasteiger partial charge in [0.05, 0.1) is 0 Å². The third kappa shape index (κ3) is 2.98. The third-order valence-corrected chi connectivity index (χ3v) is 3.50. The second-order valence-electron chi connectivity index (χ2n) is 5.47. The van der Waals surface area contributed by atoms with Crippen molar-refractivity contribution in [1.29, 1.82) is 0 Å². The molecule has 0 aliphatic carbocycles. The first kappa shape index (κ1) is 15.7. The molecule has 2 rings (SSSR count). The lowest BCUT2D eigenvalue weighted by atomic mass is 10.0. The van der Waals surface area contributed by atoms with Gasteiger partial charge in [0.15, 0.2) is 5.03 Å². The van der Waals surface area contributed by atoms with Gasteiger partial charge in [-0.15, -0.1) is 0 Å². The highest BCUT2D eigenvalue weighted by Gasteiger charge is 2.30. The van der Waals surface area contributed by atoms with Gasteiger partial charge in [0.25, 0.3) is 0 Å². The quantitative estimate of drug-likeness (QED) is 0.640. The Bertz CT molecular complexity index is 713. The molecule has 0 heterocycles. The Labute approximate surface area is 129 Å². The molecule has 0 fully saturated rings. The van der Waals surface area contributed by atoms with Crippen molar-refractivity contribution in [2.75, 3.05) is 5.01 Å². The topological polar surface area (TPSA) is 63.5 Å². The maximum absolute atomic E-state index is 12.6. The predicted molar refractivity (Wildman–Crippen MR) is 85.6 cm³/mol. The lowest BCUT2D eigenvalue weighted by Crippen LogP contribution is -2.37. The lowest BCUT2D eigenvalue weighted by molar-refractivity contribution is -0.481. The average molecular weight is 298 g/mol. The van der Waals surface area contributed by atoms with E-state index in [0.717, 1.165) is 11.1 Å². The summed E-state index contributed by atoms with van der Waals surface area (Å²) in [5, 5.41) is 11.5. The number of rotatable bonds is 3. The van der Waals surface area contributed by atoms with Crippen LogP contribution in [0.1, 0.15) is 32.6 Å². The summed E-state index contributed by atoms with van der Waals surface area (Å²) in [5.41, 5.74) is 4.03. The number of anilines is 1. The largest absolute Gasteiger partial charge is 0.319 e. The smallest absolute Gasteiger partial charge is 0.262 e. The Hall–Kier alpha value is -2.69. The zero-order valence-electron chi connectivity index (χ0n) is 13.1. The minimum Gasteiger partial charge on any atom is -0.262 e. The highest BCUT2D eigenvalue weighted by molar-refractivity contribution is 6.05. The molecule has 0 N–H and O–H groups in total. The predicted octanol–water partition coefficient (Wildman–Crippen LogP) is 3.76. The minimum atomic E-state index is -0.660. The van der Waals surface area contributed by atoms with E-state index in [1.165, 1.54) is 0 Å². The van der Waals surface area contributed by atoms with Gasteiger partial charge in [0, 0.05) is 5.56 Å². The van der Waals surface area contributed by atoms with Crippen molar-refractivity contribution in [2.45, 2.75) is 27.7 Å². The van der Waals surface area contributed by atoms with Gasteiger partial charge in [-0.25, -0.2) is 10.1 Å². The van der Waals surface area contributed by atoms with Gasteiger partial charge in [0.2, 0.25) is 0 Å². The van der Waals surface area contributed by atoms with E-state index < -0.39 is 10.9 Å². The second-order valence-corrected chi connectivity index (χ2v) is 5.47.